The highest BCUT2D eigenvalue weighted by Gasteiger charge is 2.44. The molecule has 0 bridgehead atoms. The fourth-order valence-corrected chi connectivity index (χ4v) is 2.46. The average molecular weight is 320 g/mol. The molecule has 4 nitrogen and oxygen atoms in total. The van der Waals surface area contributed by atoms with Crippen LogP contribution in [0.25, 0.3) is 10.8 Å². The first-order valence-corrected chi connectivity index (χ1v) is 7.55. The smallest absolute Gasteiger partial charge is 0.420 e. The summed E-state index contributed by atoms with van der Waals surface area (Å²) in [6.07, 6.45) is -6.87. The van der Waals surface area contributed by atoms with Crippen LogP contribution in [-0.4, -0.2) is 26.0 Å². The van der Waals surface area contributed by atoms with Crippen LogP contribution in [0.1, 0.15) is 11.7 Å². The van der Waals surface area contributed by atoms with Gasteiger partial charge in [0.1, 0.15) is 5.75 Å². The Bertz CT molecular complexity index is 769. The summed E-state index contributed by atoms with van der Waals surface area (Å²) in [5.74, 6) is -0.0185. The first-order valence-electron chi connectivity index (χ1n) is 5.74. The molecule has 0 fully saturated rings. The quantitative estimate of drug-likeness (QED) is 0.883. The molecule has 0 aliphatic rings. The number of benzene rings is 2. The van der Waals surface area contributed by atoms with Crippen molar-refractivity contribution in [3.63, 3.8) is 0 Å². The highest BCUT2D eigenvalue weighted by atomic mass is 32.2. The molecule has 1 unspecified atom stereocenters. The number of fused-ring (bicyclic) bond motifs is 1. The topological polar surface area (TPSA) is 63.6 Å². The number of hydrogen-bond acceptors (Lipinski definition) is 4. The molecule has 0 radical (unpaired) electrons. The molecule has 1 N–H and O–H groups in total. The van der Waals surface area contributed by atoms with E-state index in [1.54, 1.807) is 0 Å². The molecule has 114 valence electrons. The zero-order valence-electron chi connectivity index (χ0n) is 10.8. The first-order chi connectivity index (χ1) is 9.56. The third kappa shape index (κ3) is 3.85. The van der Waals surface area contributed by atoms with Crippen molar-refractivity contribution in [1.29, 1.82) is 0 Å². The number of aromatic hydroxyl groups is 1. The monoisotopic (exact) mass is 320 g/mol. The van der Waals surface area contributed by atoms with Crippen LogP contribution >= 0.6 is 0 Å². The van der Waals surface area contributed by atoms with Crippen LogP contribution in [0.4, 0.5) is 13.2 Å². The maximum atomic E-state index is 13.0. The van der Waals surface area contributed by atoms with Crippen molar-refractivity contribution in [3.8, 4) is 5.75 Å². The minimum absolute atomic E-state index is 0.0185. The summed E-state index contributed by atoms with van der Waals surface area (Å²) in [5, 5.41) is 10.3. The van der Waals surface area contributed by atoms with E-state index >= 15 is 0 Å². The van der Waals surface area contributed by atoms with Crippen molar-refractivity contribution in [1.82, 2.24) is 0 Å². The maximum Gasteiger partial charge on any atom is 0.420 e. The molecule has 0 aromatic heterocycles. The molecule has 2 aromatic carbocycles. The Morgan fingerprint density at radius 1 is 1.10 bits per heavy atom. The van der Waals surface area contributed by atoms with E-state index in [1.165, 1.54) is 30.3 Å². The van der Waals surface area contributed by atoms with E-state index in [0.29, 0.717) is 17.0 Å². The molecule has 2 aromatic rings. The van der Waals surface area contributed by atoms with Gasteiger partial charge in [-0.1, -0.05) is 18.2 Å². The molecule has 2 rings (SSSR count). The molecule has 1 atom stereocenters. The van der Waals surface area contributed by atoms with Crippen molar-refractivity contribution >= 4 is 20.9 Å². The summed E-state index contributed by atoms with van der Waals surface area (Å²) >= 11 is 0. The molecule has 0 saturated carbocycles. The molecule has 8 heteroatoms. The zero-order valence-corrected chi connectivity index (χ0v) is 11.6. The standard InChI is InChI=1S/C13H11F3O4S/c1-21(18,19)20-12(13(14,15)16)10-3-2-9-7-11(17)5-4-8(9)6-10/h2-7,12,17H,1H3. The van der Waals surface area contributed by atoms with Crippen molar-refractivity contribution in [2.45, 2.75) is 12.3 Å². The zero-order chi connectivity index (χ0) is 15.8. The largest absolute Gasteiger partial charge is 0.508 e. The van der Waals surface area contributed by atoms with E-state index in [1.807, 2.05) is 0 Å². The summed E-state index contributed by atoms with van der Waals surface area (Å²) in [4.78, 5) is 0. The lowest BCUT2D eigenvalue weighted by molar-refractivity contribution is -0.196. The van der Waals surface area contributed by atoms with Crippen LogP contribution in [0.2, 0.25) is 0 Å². The Labute approximate surface area is 118 Å². The van der Waals surface area contributed by atoms with E-state index < -0.39 is 22.4 Å². The van der Waals surface area contributed by atoms with Gasteiger partial charge in [0.05, 0.1) is 6.26 Å². The number of phenolic OH excluding ortho intramolecular Hbond substituents is 1. The molecule has 0 amide bonds. The predicted octanol–water partition coefficient (Wildman–Crippen LogP) is 3.13. The second-order valence-electron chi connectivity index (χ2n) is 4.51. The van der Waals surface area contributed by atoms with Gasteiger partial charge in [0, 0.05) is 0 Å². The van der Waals surface area contributed by atoms with E-state index in [2.05, 4.69) is 4.18 Å². The average Bonchev–Trinajstić information content (AvgIpc) is 2.33. The van der Waals surface area contributed by atoms with Gasteiger partial charge in [0.25, 0.3) is 10.1 Å². The molecule has 0 aliphatic heterocycles. The lowest BCUT2D eigenvalue weighted by atomic mass is 10.0. The van der Waals surface area contributed by atoms with Gasteiger partial charge in [-0.25, -0.2) is 0 Å². The van der Waals surface area contributed by atoms with E-state index in [-0.39, 0.29) is 11.3 Å². The minimum Gasteiger partial charge on any atom is -0.508 e. The molecule has 21 heavy (non-hydrogen) atoms. The highest BCUT2D eigenvalue weighted by Crippen LogP contribution is 2.38. The SMILES string of the molecule is CS(=O)(=O)OC(c1ccc2cc(O)ccc2c1)C(F)(F)F. The van der Waals surface area contributed by atoms with Crippen molar-refractivity contribution < 1.29 is 30.9 Å². The Balaban J connectivity index is 2.52. The van der Waals surface area contributed by atoms with E-state index in [0.717, 1.165) is 6.07 Å². The van der Waals surface area contributed by atoms with Crippen molar-refractivity contribution in [2.24, 2.45) is 0 Å². The Kier molecular flexibility index (Phi) is 3.85. The fourth-order valence-electron chi connectivity index (χ4n) is 1.89. The highest BCUT2D eigenvalue weighted by molar-refractivity contribution is 7.86. The maximum absolute atomic E-state index is 13.0. The Morgan fingerprint density at radius 3 is 2.24 bits per heavy atom. The molecule has 0 spiro atoms. The fraction of sp³-hybridized carbons (Fsp3) is 0.231. The normalized spacial score (nSPS) is 14.3. The second-order valence-corrected chi connectivity index (χ2v) is 6.11. The summed E-state index contributed by atoms with van der Waals surface area (Å²) < 4.78 is 65.1. The van der Waals surface area contributed by atoms with E-state index in [4.69, 9.17) is 0 Å². The number of phenols is 1. The van der Waals surface area contributed by atoms with E-state index in [9.17, 15) is 26.7 Å². The lowest BCUT2D eigenvalue weighted by Gasteiger charge is -2.20. The molecular weight excluding hydrogens is 309 g/mol. The molecular formula is C13H11F3O4S. The number of rotatable bonds is 3. The van der Waals surface area contributed by atoms with Crippen molar-refractivity contribution in [2.75, 3.05) is 6.26 Å². The number of halogens is 3. The summed E-state index contributed by atoms with van der Waals surface area (Å²) in [7, 11) is -4.27. The van der Waals surface area contributed by atoms with Gasteiger partial charge in [0.2, 0.25) is 0 Å². The Hall–Kier alpha value is -1.80. The number of alkyl halides is 3. The van der Waals surface area contributed by atoms with Crippen LogP contribution < -0.4 is 0 Å². The summed E-state index contributed by atoms with van der Waals surface area (Å²) in [5.41, 5.74) is -0.328. The van der Waals surface area contributed by atoms with Crippen molar-refractivity contribution in [3.05, 3.63) is 42.0 Å². The molecule has 0 heterocycles. The molecule has 0 aliphatic carbocycles. The Morgan fingerprint density at radius 2 is 1.67 bits per heavy atom. The number of hydrogen-bond donors (Lipinski definition) is 1. The second kappa shape index (κ2) is 5.19. The third-order valence-electron chi connectivity index (χ3n) is 2.72. The summed E-state index contributed by atoms with van der Waals surface area (Å²) in [6, 6.07) is 7.80. The van der Waals surface area contributed by atoms with Gasteiger partial charge >= 0.3 is 6.18 Å². The van der Waals surface area contributed by atoms with Gasteiger partial charge in [-0.2, -0.15) is 21.6 Å². The van der Waals surface area contributed by atoms with Gasteiger partial charge in [-0.05, 0) is 34.5 Å². The predicted molar refractivity (Wildman–Crippen MR) is 70.3 cm³/mol. The van der Waals surface area contributed by atoms with Crippen LogP contribution in [0.3, 0.4) is 0 Å². The van der Waals surface area contributed by atoms with Crippen LogP contribution in [0.15, 0.2) is 36.4 Å². The van der Waals surface area contributed by atoms with Gasteiger partial charge in [0.15, 0.2) is 6.10 Å². The first kappa shape index (κ1) is 15.6. The lowest BCUT2D eigenvalue weighted by Crippen LogP contribution is -2.25. The summed E-state index contributed by atoms with van der Waals surface area (Å²) in [6.45, 7) is 0. The van der Waals surface area contributed by atoms with Gasteiger partial charge < -0.3 is 5.11 Å². The van der Waals surface area contributed by atoms with Crippen LogP contribution in [0, 0.1) is 0 Å². The van der Waals surface area contributed by atoms with Crippen LogP contribution in [-0.2, 0) is 14.3 Å². The third-order valence-corrected chi connectivity index (χ3v) is 3.26. The van der Waals surface area contributed by atoms with Gasteiger partial charge in [-0.3, -0.25) is 4.18 Å². The van der Waals surface area contributed by atoms with Gasteiger partial charge in [-0.15, -0.1) is 0 Å². The molecule has 0 saturated heterocycles. The van der Waals surface area contributed by atoms with Crippen LogP contribution in [0.5, 0.6) is 5.75 Å². The minimum atomic E-state index is -4.87.